The number of hydrazone groups is 1. The van der Waals surface area contributed by atoms with E-state index in [1.54, 1.807) is 0 Å². The summed E-state index contributed by atoms with van der Waals surface area (Å²) in [6, 6.07) is 3.23. The maximum absolute atomic E-state index is 12.3. The number of nitrogens with one attached hydrogen (secondary N) is 1. The summed E-state index contributed by atoms with van der Waals surface area (Å²) in [5, 5.41) is 3.56. The van der Waals surface area contributed by atoms with Crippen LogP contribution >= 0.6 is 15.9 Å². The number of nitrogens with zero attached hydrogens (tertiary/aromatic N) is 3. The molecule has 2 rings (SSSR count). The number of hydrazine groups is 2. The summed E-state index contributed by atoms with van der Waals surface area (Å²) in [5.74, 6) is -0.518. The van der Waals surface area contributed by atoms with Gasteiger partial charge in [0.05, 0.1) is 10.2 Å². The first-order valence-corrected chi connectivity index (χ1v) is 5.87. The molecule has 116 valence electrons. The molecule has 1 aromatic carbocycles. The second kappa shape index (κ2) is 5.26. The normalized spacial score (nSPS) is 15.8. The van der Waals surface area contributed by atoms with Gasteiger partial charge in [-0.25, -0.2) is 5.01 Å². The van der Waals surface area contributed by atoms with Gasteiger partial charge < -0.3 is 4.74 Å². The summed E-state index contributed by atoms with van der Waals surface area (Å²) in [4.78, 5) is 0. The number of rotatable bonds is 2. The SMILES string of the molecule is FC(F)(F)Oc1ccc(N2C=NN(C(F)(F)F)N2)cc1Br. The predicted octanol–water partition coefficient (Wildman–Crippen LogP) is 3.35. The fourth-order valence-electron chi connectivity index (χ4n) is 1.35. The number of ether oxygens (including phenoxy) is 1. The molecule has 1 aromatic rings. The third-order valence-electron chi connectivity index (χ3n) is 2.14. The Kier molecular flexibility index (Phi) is 3.93. The fourth-order valence-corrected chi connectivity index (χ4v) is 1.80. The van der Waals surface area contributed by atoms with Gasteiger partial charge in [0.1, 0.15) is 12.1 Å². The molecule has 0 atom stereocenters. The van der Waals surface area contributed by atoms with E-state index in [2.05, 4.69) is 25.8 Å². The molecule has 5 nitrogen and oxygen atoms in total. The molecular weight excluding hydrogens is 374 g/mol. The highest BCUT2D eigenvalue weighted by Crippen LogP contribution is 2.33. The zero-order valence-corrected chi connectivity index (χ0v) is 11.3. The van der Waals surface area contributed by atoms with E-state index in [9.17, 15) is 26.3 Å². The second-order valence-corrected chi connectivity index (χ2v) is 4.50. The third kappa shape index (κ3) is 3.91. The summed E-state index contributed by atoms with van der Waals surface area (Å²) in [6.07, 6.45) is -8.79. The summed E-state index contributed by atoms with van der Waals surface area (Å²) in [6.45, 7) is 0. The molecule has 0 amide bonds. The zero-order valence-electron chi connectivity index (χ0n) is 9.71. The van der Waals surface area contributed by atoms with Crippen LogP contribution in [0.25, 0.3) is 0 Å². The summed E-state index contributed by atoms with van der Waals surface area (Å²) < 4.78 is 76.9. The Morgan fingerprint density at radius 1 is 1.14 bits per heavy atom. The van der Waals surface area contributed by atoms with E-state index in [1.807, 2.05) is 5.53 Å². The van der Waals surface area contributed by atoms with E-state index in [-0.39, 0.29) is 15.3 Å². The van der Waals surface area contributed by atoms with Crippen LogP contribution in [-0.4, -0.2) is 24.1 Å². The number of hydrogen-bond acceptors (Lipinski definition) is 5. The van der Waals surface area contributed by atoms with Gasteiger partial charge in [0, 0.05) is 0 Å². The first kappa shape index (κ1) is 15.7. The largest absolute Gasteiger partial charge is 0.573 e. The highest BCUT2D eigenvalue weighted by molar-refractivity contribution is 9.10. The lowest BCUT2D eigenvalue weighted by Crippen LogP contribution is -2.47. The highest BCUT2D eigenvalue weighted by Gasteiger charge is 2.40. The lowest BCUT2D eigenvalue weighted by atomic mass is 10.3. The van der Waals surface area contributed by atoms with E-state index >= 15 is 0 Å². The first-order valence-electron chi connectivity index (χ1n) is 5.08. The quantitative estimate of drug-likeness (QED) is 0.632. The van der Waals surface area contributed by atoms with Crippen molar-refractivity contribution in [3.63, 3.8) is 0 Å². The smallest absolute Gasteiger partial charge is 0.405 e. The van der Waals surface area contributed by atoms with Gasteiger partial charge in [0.25, 0.3) is 0 Å². The van der Waals surface area contributed by atoms with Crippen LogP contribution in [0.3, 0.4) is 0 Å². The van der Waals surface area contributed by atoms with Gasteiger partial charge in [-0.3, -0.25) is 0 Å². The molecule has 0 spiro atoms. The van der Waals surface area contributed by atoms with Crippen molar-refractivity contribution in [3.05, 3.63) is 22.7 Å². The molecule has 0 saturated heterocycles. The van der Waals surface area contributed by atoms with Crippen molar-refractivity contribution in [2.24, 2.45) is 5.10 Å². The van der Waals surface area contributed by atoms with Crippen LogP contribution in [0.2, 0.25) is 0 Å². The van der Waals surface area contributed by atoms with Crippen LogP contribution in [0.4, 0.5) is 32.0 Å². The summed E-state index contributed by atoms with van der Waals surface area (Å²) in [7, 11) is 0. The van der Waals surface area contributed by atoms with Crippen molar-refractivity contribution >= 4 is 28.0 Å². The average molecular weight is 379 g/mol. The fraction of sp³-hybridized carbons (Fsp3) is 0.222. The highest BCUT2D eigenvalue weighted by atomic mass is 79.9. The Labute approximate surface area is 121 Å². The van der Waals surface area contributed by atoms with Crippen LogP contribution in [0.15, 0.2) is 27.8 Å². The summed E-state index contributed by atoms with van der Waals surface area (Å²) in [5.41, 5.74) is 2.00. The van der Waals surface area contributed by atoms with Crippen LogP contribution in [0.1, 0.15) is 0 Å². The minimum absolute atomic E-state index is 0.0852. The minimum atomic E-state index is -4.87. The molecule has 1 aliphatic heterocycles. The predicted molar refractivity (Wildman–Crippen MR) is 62.8 cm³/mol. The number of anilines is 1. The lowest BCUT2D eigenvalue weighted by molar-refractivity contribution is -0.275. The van der Waals surface area contributed by atoms with Crippen molar-refractivity contribution in [2.45, 2.75) is 12.7 Å². The zero-order chi connectivity index (χ0) is 15.8. The van der Waals surface area contributed by atoms with Gasteiger partial charge in [-0.1, -0.05) is 0 Å². The monoisotopic (exact) mass is 378 g/mol. The van der Waals surface area contributed by atoms with Crippen LogP contribution in [0, 0.1) is 0 Å². The number of benzene rings is 1. The molecule has 1 aliphatic rings. The Morgan fingerprint density at radius 2 is 1.81 bits per heavy atom. The van der Waals surface area contributed by atoms with Crippen molar-refractivity contribution in [1.29, 1.82) is 0 Å². The van der Waals surface area contributed by atoms with Crippen LogP contribution in [0.5, 0.6) is 5.75 Å². The molecule has 0 bridgehead atoms. The molecule has 12 heteroatoms. The molecule has 21 heavy (non-hydrogen) atoms. The molecule has 0 aliphatic carbocycles. The molecule has 1 heterocycles. The maximum Gasteiger partial charge on any atom is 0.573 e. The van der Waals surface area contributed by atoms with Crippen LogP contribution in [-0.2, 0) is 0 Å². The van der Waals surface area contributed by atoms with Gasteiger partial charge in [0.15, 0.2) is 0 Å². The minimum Gasteiger partial charge on any atom is -0.405 e. The topological polar surface area (TPSA) is 40.1 Å². The maximum atomic E-state index is 12.3. The molecular formula is C9H5BrF6N4O. The molecule has 1 N–H and O–H groups in total. The van der Waals surface area contributed by atoms with Crippen molar-refractivity contribution < 1.29 is 31.1 Å². The second-order valence-electron chi connectivity index (χ2n) is 3.64. The van der Waals surface area contributed by atoms with Gasteiger partial charge in [-0.15, -0.1) is 42.1 Å². The van der Waals surface area contributed by atoms with E-state index in [0.717, 1.165) is 29.5 Å². The standard InChI is InChI=1S/C9H5BrF6N4O/c10-6-3-5(1-2-7(6)21-9(14,15)16)19-4-17-20(18-19)8(11,12)13/h1-4,18H. The van der Waals surface area contributed by atoms with Gasteiger partial charge in [-0.2, -0.15) is 0 Å². The lowest BCUT2D eigenvalue weighted by Gasteiger charge is -2.21. The molecule has 0 fully saturated rings. The average Bonchev–Trinajstić information content (AvgIpc) is 2.79. The number of hydrogen-bond donors (Lipinski definition) is 1. The number of halogens is 7. The Bertz CT molecular complexity index is 560. The van der Waals surface area contributed by atoms with Crippen molar-refractivity contribution in [1.82, 2.24) is 10.7 Å². The van der Waals surface area contributed by atoms with Gasteiger partial charge in [0.2, 0.25) is 0 Å². The van der Waals surface area contributed by atoms with E-state index in [1.165, 1.54) is 0 Å². The Morgan fingerprint density at radius 3 is 2.29 bits per heavy atom. The molecule has 0 unspecified atom stereocenters. The van der Waals surface area contributed by atoms with Crippen molar-refractivity contribution in [3.8, 4) is 5.75 Å². The van der Waals surface area contributed by atoms with Gasteiger partial charge in [-0.05, 0) is 34.1 Å². The Balaban J connectivity index is 2.14. The molecule has 0 saturated carbocycles. The number of alkyl halides is 6. The molecule has 0 aromatic heterocycles. The van der Waals surface area contributed by atoms with Crippen molar-refractivity contribution in [2.75, 3.05) is 5.01 Å². The first-order chi connectivity index (χ1) is 9.56. The van der Waals surface area contributed by atoms with Crippen LogP contribution < -0.4 is 15.3 Å². The van der Waals surface area contributed by atoms with E-state index < -0.39 is 18.4 Å². The van der Waals surface area contributed by atoms with Gasteiger partial charge >= 0.3 is 12.7 Å². The third-order valence-corrected chi connectivity index (χ3v) is 2.76. The molecule has 0 radical (unpaired) electrons. The Hall–Kier alpha value is -1.69. The summed E-state index contributed by atoms with van der Waals surface area (Å²) >= 11 is 2.84. The van der Waals surface area contributed by atoms with E-state index in [0.29, 0.717) is 0 Å². The van der Waals surface area contributed by atoms with E-state index in [4.69, 9.17) is 0 Å².